The van der Waals surface area contributed by atoms with E-state index in [1.165, 1.54) is 57.5 Å². The SMILES string of the molecule is Nc1ccc(CCN2CCCN3CCCC3C2)cc1. The molecule has 1 atom stereocenters. The molecule has 2 heterocycles. The van der Waals surface area contributed by atoms with Gasteiger partial charge in [-0.15, -0.1) is 0 Å². The second-order valence-electron chi connectivity index (χ2n) is 5.98. The number of nitrogens with two attached hydrogens (primary N) is 1. The van der Waals surface area contributed by atoms with Gasteiger partial charge in [0.25, 0.3) is 0 Å². The van der Waals surface area contributed by atoms with Crippen molar-refractivity contribution in [3.05, 3.63) is 29.8 Å². The first-order chi connectivity index (χ1) is 9.31. The maximum absolute atomic E-state index is 5.73. The molecule has 3 heteroatoms. The van der Waals surface area contributed by atoms with Gasteiger partial charge in [-0.1, -0.05) is 12.1 Å². The summed E-state index contributed by atoms with van der Waals surface area (Å²) >= 11 is 0. The Morgan fingerprint density at radius 1 is 1.05 bits per heavy atom. The van der Waals surface area contributed by atoms with Crippen molar-refractivity contribution in [1.82, 2.24) is 9.80 Å². The smallest absolute Gasteiger partial charge is 0.0314 e. The molecule has 2 saturated heterocycles. The first kappa shape index (κ1) is 12.9. The van der Waals surface area contributed by atoms with E-state index in [2.05, 4.69) is 21.9 Å². The molecule has 1 unspecified atom stereocenters. The molecule has 1 aromatic rings. The highest BCUT2D eigenvalue weighted by Gasteiger charge is 2.28. The molecule has 0 aromatic heterocycles. The molecular weight excluding hydrogens is 234 g/mol. The average Bonchev–Trinajstić information content (AvgIpc) is 2.76. The maximum atomic E-state index is 5.73. The van der Waals surface area contributed by atoms with Crippen LogP contribution in [-0.2, 0) is 6.42 Å². The van der Waals surface area contributed by atoms with Crippen molar-refractivity contribution in [3.63, 3.8) is 0 Å². The van der Waals surface area contributed by atoms with Crippen molar-refractivity contribution < 1.29 is 0 Å². The highest BCUT2D eigenvalue weighted by Crippen LogP contribution is 2.21. The Morgan fingerprint density at radius 3 is 2.68 bits per heavy atom. The van der Waals surface area contributed by atoms with Crippen molar-refractivity contribution in [1.29, 1.82) is 0 Å². The third-order valence-electron chi connectivity index (χ3n) is 4.58. The number of nitrogen functional groups attached to an aromatic ring is 1. The van der Waals surface area contributed by atoms with E-state index in [1.807, 2.05) is 12.1 Å². The van der Waals surface area contributed by atoms with E-state index in [1.54, 1.807) is 0 Å². The number of benzene rings is 1. The fraction of sp³-hybridized carbons (Fsp3) is 0.625. The van der Waals surface area contributed by atoms with Gasteiger partial charge < -0.3 is 10.6 Å². The number of hydrogen-bond donors (Lipinski definition) is 1. The van der Waals surface area contributed by atoms with Crippen molar-refractivity contribution in [2.75, 3.05) is 38.5 Å². The molecule has 2 aliphatic heterocycles. The van der Waals surface area contributed by atoms with Gasteiger partial charge >= 0.3 is 0 Å². The molecule has 2 aliphatic rings. The minimum absolute atomic E-state index is 0.828. The van der Waals surface area contributed by atoms with Crippen molar-refractivity contribution in [2.45, 2.75) is 31.7 Å². The fourth-order valence-corrected chi connectivity index (χ4v) is 3.46. The Bertz CT molecular complexity index is 401. The van der Waals surface area contributed by atoms with Crippen LogP contribution in [0.25, 0.3) is 0 Å². The second kappa shape index (κ2) is 5.93. The number of anilines is 1. The number of fused-ring (bicyclic) bond motifs is 1. The molecule has 0 saturated carbocycles. The number of hydrogen-bond acceptors (Lipinski definition) is 3. The van der Waals surface area contributed by atoms with Crippen LogP contribution in [0.5, 0.6) is 0 Å². The van der Waals surface area contributed by atoms with Crippen LogP contribution in [0.2, 0.25) is 0 Å². The van der Waals surface area contributed by atoms with Gasteiger partial charge in [-0.25, -0.2) is 0 Å². The topological polar surface area (TPSA) is 32.5 Å². The lowest BCUT2D eigenvalue weighted by atomic mass is 10.1. The van der Waals surface area contributed by atoms with E-state index in [4.69, 9.17) is 5.73 Å². The zero-order chi connectivity index (χ0) is 13.1. The summed E-state index contributed by atoms with van der Waals surface area (Å²) in [6.45, 7) is 6.37. The predicted molar refractivity (Wildman–Crippen MR) is 80.2 cm³/mol. The molecule has 1 aromatic carbocycles. The largest absolute Gasteiger partial charge is 0.399 e. The summed E-state index contributed by atoms with van der Waals surface area (Å²) < 4.78 is 0. The van der Waals surface area contributed by atoms with Crippen LogP contribution in [0.1, 0.15) is 24.8 Å². The van der Waals surface area contributed by atoms with E-state index in [0.29, 0.717) is 0 Å². The van der Waals surface area contributed by atoms with Gasteiger partial charge in [-0.2, -0.15) is 0 Å². The molecule has 104 valence electrons. The van der Waals surface area contributed by atoms with Gasteiger partial charge in [-0.3, -0.25) is 4.90 Å². The molecule has 0 radical (unpaired) electrons. The molecule has 3 nitrogen and oxygen atoms in total. The quantitative estimate of drug-likeness (QED) is 0.843. The summed E-state index contributed by atoms with van der Waals surface area (Å²) in [5.41, 5.74) is 7.99. The van der Waals surface area contributed by atoms with Crippen LogP contribution >= 0.6 is 0 Å². The van der Waals surface area contributed by atoms with Crippen LogP contribution in [0, 0.1) is 0 Å². The van der Waals surface area contributed by atoms with Crippen LogP contribution in [0.15, 0.2) is 24.3 Å². The number of rotatable bonds is 3. The monoisotopic (exact) mass is 259 g/mol. The van der Waals surface area contributed by atoms with Gasteiger partial charge in [0.1, 0.15) is 0 Å². The van der Waals surface area contributed by atoms with E-state index < -0.39 is 0 Å². The normalized spacial score (nSPS) is 25.2. The lowest BCUT2D eigenvalue weighted by molar-refractivity contribution is 0.221. The molecule has 2 N–H and O–H groups in total. The summed E-state index contributed by atoms with van der Waals surface area (Å²) in [5, 5.41) is 0. The van der Waals surface area contributed by atoms with Crippen LogP contribution in [0.3, 0.4) is 0 Å². The minimum atomic E-state index is 0.828. The van der Waals surface area contributed by atoms with Gasteiger partial charge in [0.2, 0.25) is 0 Å². The summed E-state index contributed by atoms with van der Waals surface area (Å²) in [7, 11) is 0. The second-order valence-corrected chi connectivity index (χ2v) is 5.98. The summed E-state index contributed by atoms with van der Waals surface area (Å²) in [4.78, 5) is 5.36. The third kappa shape index (κ3) is 3.28. The molecule has 0 bridgehead atoms. The van der Waals surface area contributed by atoms with Crippen LogP contribution in [-0.4, -0.2) is 48.6 Å². The minimum Gasteiger partial charge on any atom is -0.399 e. The molecule has 0 spiro atoms. The van der Waals surface area contributed by atoms with Gasteiger partial charge in [-0.05, 0) is 63.0 Å². The molecule has 0 amide bonds. The Morgan fingerprint density at radius 2 is 1.84 bits per heavy atom. The Hall–Kier alpha value is -1.06. The molecular formula is C16H25N3. The summed E-state index contributed by atoms with van der Waals surface area (Å²) in [6.07, 6.45) is 5.28. The van der Waals surface area contributed by atoms with Gasteiger partial charge in [0.15, 0.2) is 0 Å². The van der Waals surface area contributed by atoms with Gasteiger partial charge in [0, 0.05) is 24.8 Å². The first-order valence-corrected chi connectivity index (χ1v) is 7.62. The highest BCUT2D eigenvalue weighted by atomic mass is 15.3. The van der Waals surface area contributed by atoms with E-state index in [-0.39, 0.29) is 0 Å². The third-order valence-corrected chi connectivity index (χ3v) is 4.58. The fourth-order valence-electron chi connectivity index (χ4n) is 3.46. The molecule has 3 rings (SSSR count). The molecule has 19 heavy (non-hydrogen) atoms. The average molecular weight is 259 g/mol. The lowest BCUT2D eigenvalue weighted by Crippen LogP contribution is -2.37. The molecule has 0 aliphatic carbocycles. The maximum Gasteiger partial charge on any atom is 0.0314 e. The van der Waals surface area contributed by atoms with Crippen molar-refractivity contribution in [2.24, 2.45) is 0 Å². The Labute approximate surface area is 116 Å². The Kier molecular flexibility index (Phi) is 4.04. The zero-order valence-electron chi connectivity index (χ0n) is 11.7. The van der Waals surface area contributed by atoms with E-state index >= 15 is 0 Å². The van der Waals surface area contributed by atoms with Crippen molar-refractivity contribution in [3.8, 4) is 0 Å². The lowest BCUT2D eigenvalue weighted by Gasteiger charge is -2.25. The van der Waals surface area contributed by atoms with E-state index in [0.717, 1.165) is 18.2 Å². The van der Waals surface area contributed by atoms with E-state index in [9.17, 15) is 0 Å². The molecule has 2 fully saturated rings. The van der Waals surface area contributed by atoms with Gasteiger partial charge in [0.05, 0.1) is 0 Å². The standard InChI is InChI=1S/C16H25N3/c17-15-6-4-14(5-7-15)8-12-18-9-2-11-19-10-1-3-16(19)13-18/h4-7,16H,1-3,8-13,17H2. The number of nitrogens with zero attached hydrogens (tertiary/aromatic N) is 2. The Balaban J connectivity index is 1.53. The summed E-state index contributed by atoms with van der Waals surface area (Å²) in [6, 6.07) is 9.17. The van der Waals surface area contributed by atoms with Crippen LogP contribution in [0.4, 0.5) is 5.69 Å². The van der Waals surface area contributed by atoms with Crippen LogP contribution < -0.4 is 5.73 Å². The van der Waals surface area contributed by atoms with Crippen molar-refractivity contribution >= 4 is 5.69 Å². The first-order valence-electron chi connectivity index (χ1n) is 7.62. The highest BCUT2D eigenvalue weighted by molar-refractivity contribution is 5.39. The predicted octanol–water partition coefficient (Wildman–Crippen LogP) is 1.98. The summed E-state index contributed by atoms with van der Waals surface area (Å²) in [5.74, 6) is 0. The zero-order valence-corrected chi connectivity index (χ0v) is 11.7.